The standard InChI is InChI=1S/C21H22N2O2S/c1-15-6-4-7-16(12-15)14-26-21-22-19-10-3-2-9-18(19)20(24)23(21)13-17-8-5-11-25-17/h2-4,6-7,9-10,12,17H,5,8,11,13-14H2,1H3. The Morgan fingerprint density at radius 3 is 2.92 bits per heavy atom. The average Bonchev–Trinajstić information content (AvgIpc) is 3.16. The predicted octanol–water partition coefficient (Wildman–Crippen LogP) is 4.18. The maximum absolute atomic E-state index is 13.1. The molecule has 4 rings (SSSR count). The molecule has 26 heavy (non-hydrogen) atoms. The molecule has 1 saturated heterocycles. The van der Waals surface area contributed by atoms with E-state index in [9.17, 15) is 4.79 Å². The van der Waals surface area contributed by atoms with Crippen LogP contribution in [-0.2, 0) is 17.0 Å². The Balaban J connectivity index is 1.69. The zero-order valence-corrected chi connectivity index (χ0v) is 15.7. The van der Waals surface area contributed by atoms with E-state index in [1.807, 2.05) is 24.3 Å². The van der Waals surface area contributed by atoms with Gasteiger partial charge in [0.2, 0.25) is 0 Å². The van der Waals surface area contributed by atoms with Crippen LogP contribution in [0, 0.1) is 6.92 Å². The molecule has 1 aromatic heterocycles. The van der Waals surface area contributed by atoms with Crippen LogP contribution in [0.15, 0.2) is 58.5 Å². The van der Waals surface area contributed by atoms with Gasteiger partial charge in [0.05, 0.1) is 23.6 Å². The molecular weight excluding hydrogens is 344 g/mol. The Morgan fingerprint density at radius 1 is 1.23 bits per heavy atom. The van der Waals surface area contributed by atoms with Gasteiger partial charge in [-0.25, -0.2) is 4.98 Å². The second kappa shape index (κ2) is 7.64. The monoisotopic (exact) mass is 366 g/mol. The second-order valence-corrected chi connectivity index (χ2v) is 7.68. The second-order valence-electron chi connectivity index (χ2n) is 6.74. The largest absolute Gasteiger partial charge is 0.376 e. The lowest BCUT2D eigenvalue weighted by Gasteiger charge is -2.16. The minimum Gasteiger partial charge on any atom is -0.376 e. The molecule has 0 amide bonds. The highest BCUT2D eigenvalue weighted by Gasteiger charge is 2.20. The molecule has 0 N–H and O–H groups in total. The van der Waals surface area contributed by atoms with Crippen LogP contribution in [0.25, 0.3) is 10.9 Å². The molecule has 1 fully saturated rings. The van der Waals surface area contributed by atoms with Crippen molar-refractivity contribution in [3.8, 4) is 0 Å². The van der Waals surface area contributed by atoms with Crippen LogP contribution in [-0.4, -0.2) is 22.3 Å². The first-order valence-electron chi connectivity index (χ1n) is 9.00. The first-order valence-corrected chi connectivity index (χ1v) is 9.99. The van der Waals surface area contributed by atoms with Crippen LogP contribution in [0.5, 0.6) is 0 Å². The molecule has 3 aromatic rings. The van der Waals surface area contributed by atoms with Gasteiger partial charge < -0.3 is 4.74 Å². The smallest absolute Gasteiger partial charge is 0.262 e. The number of nitrogens with zero attached hydrogens (tertiary/aromatic N) is 2. The number of aromatic nitrogens is 2. The molecule has 0 bridgehead atoms. The van der Waals surface area contributed by atoms with Crippen LogP contribution >= 0.6 is 11.8 Å². The van der Waals surface area contributed by atoms with Crippen LogP contribution in [0.2, 0.25) is 0 Å². The molecule has 2 aromatic carbocycles. The number of hydrogen-bond donors (Lipinski definition) is 0. The van der Waals surface area contributed by atoms with Crippen molar-refractivity contribution >= 4 is 22.7 Å². The van der Waals surface area contributed by atoms with Crippen molar-refractivity contribution in [3.63, 3.8) is 0 Å². The highest BCUT2D eigenvalue weighted by molar-refractivity contribution is 7.98. The van der Waals surface area contributed by atoms with E-state index in [0.717, 1.165) is 35.9 Å². The Labute approximate surface area is 157 Å². The van der Waals surface area contributed by atoms with Gasteiger partial charge in [0, 0.05) is 12.4 Å². The molecule has 5 heteroatoms. The lowest BCUT2D eigenvalue weighted by molar-refractivity contribution is 0.0937. The van der Waals surface area contributed by atoms with Gasteiger partial charge in [0.1, 0.15) is 0 Å². The van der Waals surface area contributed by atoms with Crippen molar-refractivity contribution in [2.75, 3.05) is 6.61 Å². The molecule has 1 unspecified atom stereocenters. The van der Waals surface area contributed by atoms with Crippen LogP contribution < -0.4 is 5.56 Å². The number of aryl methyl sites for hydroxylation is 1. The van der Waals surface area contributed by atoms with Gasteiger partial charge in [-0.3, -0.25) is 9.36 Å². The van der Waals surface area contributed by atoms with Crippen molar-refractivity contribution in [2.24, 2.45) is 0 Å². The molecule has 2 heterocycles. The van der Waals surface area contributed by atoms with E-state index in [-0.39, 0.29) is 11.7 Å². The molecule has 0 saturated carbocycles. The molecule has 0 spiro atoms. The fraction of sp³-hybridized carbons (Fsp3) is 0.333. The van der Waals surface area contributed by atoms with Crippen LogP contribution in [0.4, 0.5) is 0 Å². The van der Waals surface area contributed by atoms with E-state index < -0.39 is 0 Å². The lowest BCUT2D eigenvalue weighted by Crippen LogP contribution is -2.28. The summed E-state index contributed by atoms with van der Waals surface area (Å²) >= 11 is 1.62. The summed E-state index contributed by atoms with van der Waals surface area (Å²) in [4.78, 5) is 17.8. The Kier molecular flexibility index (Phi) is 5.09. The summed E-state index contributed by atoms with van der Waals surface area (Å²) in [6.45, 7) is 3.45. The summed E-state index contributed by atoms with van der Waals surface area (Å²) in [6.07, 6.45) is 2.17. The molecule has 134 valence electrons. The minimum absolute atomic E-state index is 0.0258. The highest BCUT2D eigenvalue weighted by atomic mass is 32.2. The van der Waals surface area contributed by atoms with E-state index in [4.69, 9.17) is 9.72 Å². The van der Waals surface area contributed by atoms with Crippen molar-refractivity contribution in [3.05, 3.63) is 70.0 Å². The molecular formula is C21H22N2O2S. The zero-order chi connectivity index (χ0) is 17.9. The van der Waals surface area contributed by atoms with Gasteiger partial charge in [-0.15, -0.1) is 0 Å². The number of para-hydroxylation sites is 1. The van der Waals surface area contributed by atoms with Crippen LogP contribution in [0.3, 0.4) is 0 Å². The van der Waals surface area contributed by atoms with E-state index in [1.165, 1.54) is 11.1 Å². The minimum atomic E-state index is 0.0258. The summed E-state index contributed by atoms with van der Waals surface area (Å²) < 4.78 is 7.57. The van der Waals surface area contributed by atoms with Gasteiger partial charge in [0.25, 0.3) is 5.56 Å². The number of fused-ring (bicyclic) bond motifs is 1. The summed E-state index contributed by atoms with van der Waals surface area (Å²) in [7, 11) is 0. The summed E-state index contributed by atoms with van der Waals surface area (Å²) in [5, 5.41) is 1.44. The first-order chi connectivity index (χ1) is 12.7. The third-order valence-electron chi connectivity index (χ3n) is 4.69. The first kappa shape index (κ1) is 17.3. The Morgan fingerprint density at radius 2 is 2.12 bits per heavy atom. The SMILES string of the molecule is Cc1cccc(CSc2nc3ccccc3c(=O)n2CC2CCCO2)c1. The lowest BCUT2D eigenvalue weighted by atomic mass is 10.2. The fourth-order valence-electron chi connectivity index (χ4n) is 3.36. The summed E-state index contributed by atoms with van der Waals surface area (Å²) in [5.41, 5.74) is 3.26. The van der Waals surface area contributed by atoms with Gasteiger partial charge >= 0.3 is 0 Å². The molecule has 0 aliphatic carbocycles. The highest BCUT2D eigenvalue weighted by Crippen LogP contribution is 2.24. The van der Waals surface area contributed by atoms with Crippen LogP contribution in [0.1, 0.15) is 24.0 Å². The third-order valence-corrected chi connectivity index (χ3v) is 5.73. The maximum atomic E-state index is 13.1. The number of hydrogen-bond acceptors (Lipinski definition) is 4. The number of ether oxygens (including phenoxy) is 1. The van der Waals surface area contributed by atoms with Crippen molar-refractivity contribution < 1.29 is 4.74 Å². The molecule has 1 aliphatic rings. The number of benzene rings is 2. The van der Waals surface area contributed by atoms with Gasteiger partial charge in [-0.05, 0) is 37.5 Å². The quantitative estimate of drug-likeness (QED) is 0.502. The van der Waals surface area contributed by atoms with E-state index in [1.54, 1.807) is 16.3 Å². The van der Waals surface area contributed by atoms with Gasteiger partial charge in [-0.2, -0.15) is 0 Å². The summed E-state index contributed by atoms with van der Waals surface area (Å²) in [5.74, 6) is 0.790. The molecule has 4 nitrogen and oxygen atoms in total. The van der Waals surface area contributed by atoms with Crippen molar-refractivity contribution in [1.82, 2.24) is 9.55 Å². The van der Waals surface area contributed by atoms with E-state index in [2.05, 4.69) is 31.2 Å². The average molecular weight is 366 g/mol. The Hall–Kier alpha value is -2.11. The molecule has 0 radical (unpaired) electrons. The maximum Gasteiger partial charge on any atom is 0.262 e. The number of thioether (sulfide) groups is 1. The fourth-order valence-corrected chi connectivity index (χ4v) is 4.31. The van der Waals surface area contributed by atoms with Crippen molar-refractivity contribution in [2.45, 2.75) is 43.3 Å². The van der Waals surface area contributed by atoms with Crippen molar-refractivity contribution in [1.29, 1.82) is 0 Å². The predicted molar refractivity (Wildman–Crippen MR) is 106 cm³/mol. The zero-order valence-electron chi connectivity index (χ0n) is 14.9. The topological polar surface area (TPSA) is 44.1 Å². The van der Waals surface area contributed by atoms with Gasteiger partial charge in [0.15, 0.2) is 5.16 Å². The van der Waals surface area contributed by atoms with E-state index in [0.29, 0.717) is 11.9 Å². The Bertz CT molecular complexity index is 977. The van der Waals surface area contributed by atoms with Gasteiger partial charge in [-0.1, -0.05) is 53.7 Å². The normalized spacial score (nSPS) is 17.0. The molecule has 1 atom stereocenters. The van der Waals surface area contributed by atoms with E-state index >= 15 is 0 Å². The number of rotatable bonds is 5. The molecule has 1 aliphatic heterocycles. The summed E-state index contributed by atoms with van der Waals surface area (Å²) in [6, 6.07) is 16.0. The third kappa shape index (κ3) is 3.69.